The fraction of sp³-hybridized carbons (Fsp3) is 0.290. The van der Waals surface area contributed by atoms with E-state index in [1.165, 1.54) is 41.2 Å². The van der Waals surface area contributed by atoms with Crippen molar-refractivity contribution in [3.8, 4) is 22.1 Å². The monoisotopic (exact) mass is 580 g/mol. The second-order valence-electron chi connectivity index (χ2n) is 8.45. The summed E-state index contributed by atoms with van der Waals surface area (Å²) in [6.07, 6.45) is 0.499. The molecule has 5 aromatic rings. The van der Waals surface area contributed by atoms with Crippen molar-refractivity contribution >= 4 is 21.6 Å². The zero-order chi connectivity index (χ0) is 30.3. The van der Waals surface area contributed by atoms with Crippen LogP contribution in [0.15, 0.2) is 64.2 Å². The number of halogens is 2. The lowest BCUT2D eigenvalue weighted by atomic mass is 10.0. The van der Waals surface area contributed by atoms with Gasteiger partial charge in [0, 0.05) is 16.5 Å². The Bertz CT molecular complexity index is 1720. The number of fused-ring (bicyclic) bond motifs is 1. The van der Waals surface area contributed by atoms with Crippen LogP contribution in [0, 0.1) is 18.6 Å². The molecule has 0 unspecified atom stereocenters. The summed E-state index contributed by atoms with van der Waals surface area (Å²) < 4.78 is 36.5. The number of hydrogen-bond donors (Lipinski definition) is 0. The van der Waals surface area contributed by atoms with Gasteiger partial charge >= 0.3 is 5.69 Å². The predicted octanol–water partition coefficient (Wildman–Crippen LogP) is 6.93. The van der Waals surface area contributed by atoms with Crippen LogP contribution in [-0.2, 0) is 13.0 Å². The van der Waals surface area contributed by atoms with E-state index in [2.05, 4.69) is 10.2 Å². The number of methoxy groups -OCH3 is 1. The SMILES string of the molecule is CC.CC.CCc1c(-c2ccc(C)cc2)sc2c1c(=O)n(-c1ccc(OC)nn1)c(=O)n2Cc1c(F)cccc1F. The molecule has 0 amide bonds. The number of hydrogen-bond acceptors (Lipinski definition) is 6. The number of nitrogens with zero attached hydrogens (tertiary/aromatic N) is 4. The summed E-state index contributed by atoms with van der Waals surface area (Å²) in [5, 5.41) is 8.18. The van der Waals surface area contributed by atoms with Crippen molar-refractivity contribution < 1.29 is 13.5 Å². The van der Waals surface area contributed by atoms with Crippen molar-refractivity contribution in [2.24, 2.45) is 0 Å². The van der Waals surface area contributed by atoms with E-state index in [1.807, 2.05) is 65.8 Å². The van der Waals surface area contributed by atoms with Crippen molar-refractivity contribution in [2.75, 3.05) is 7.11 Å². The fourth-order valence-corrected chi connectivity index (χ4v) is 5.65. The molecule has 216 valence electrons. The van der Waals surface area contributed by atoms with Crippen molar-refractivity contribution in [3.63, 3.8) is 0 Å². The highest BCUT2D eigenvalue weighted by Gasteiger charge is 2.24. The largest absolute Gasteiger partial charge is 0.480 e. The van der Waals surface area contributed by atoms with E-state index in [9.17, 15) is 18.4 Å². The van der Waals surface area contributed by atoms with Crippen LogP contribution in [0.3, 0.4) is 0 Å². The lowest BCUT2D eigenvalue weighted by Gasteiger charge is -2.13. The molecule has 2 aromatic carbocycles. The quantitative estimate of drug-likeness (QED) is 0.218. The molecule has 0 N–H and O–H groups in total. The Labute approximate surface area is 241 Å². The van der Waals surface area contributed by atoms with Crippen molar-refractivity contribution in [3.05, 3.63) is 104 Å². The van der Waals surface area contributed by atoms with Gasteiger partial charge in [0.25, 0.3) is 5.56 Å². The smallest absolute Gasteiger partial charge is 0.338 e. The van der Waals surface area contributed by atoms with Crippen molar-refractivity contribution in [1.29, 1.82) is 0 Å². The topological polar surface area (TPSA) is 79.0 Å². The van der Waals surface area contributed by atoms with Crippen LogP contribution in [0.5, 0.6) is 5.88 Å². The Morgan fingerprint density at radius 3 is 2.05 bits per heavy atom. The first-order chi connectivity index (χ1) is 19.8. The highest BCUT2D eigenvalue weighted by molar-refractivity contribution is 7.22. The molecule has 41 heavy (non-hydrogen) atoms. The first-order valence-electron chi connectivity index (χ1n) is 13.5. The van der Waals surface area contributed by atoms with Crippen LogP contribution < -0.4 is 16.0 Å². The summed E-state index contributed by atoms with van der Waals surface area (Å²) in [6.45, 7) is 11.5. The van der Waals surface area contributed by atoms with E-state index in [0.717, 1.165) is 38.3 Å². The third-order valence-corrected chi connectivity index (χ3v) is 7.49. The zero-order valence-electron chi connectivity index (χ0n) is 24.3. The molecule has 5 rings (SSSR count). The predicted molar refractivity (Wildman–Crippen MR) is 162 cm³/mol. The molecule has 0 aliphatic heterocycles. The van der Waals surface area contributed by atoms with Gasteiger partial charge in [-0.2, -0.15) is 0 Å². The average molecular weight is 581 g/mol. The second-order valence-corrected chi connectivity index (χ2v) is 9.45. The number of benzene rings is 2. The first kappa shape index (κ1) is 31.3. The normalized spacial score (nSPS) is 10.5. The molecule has 3 aromatic heterocycles. The molecule has 0 saturated carbocycles. The summed E-state index contributed by atoms with van der Waals surface area (Å²) in [7, 11) is 1.42. The van der Waals surface area contributed by atoms with E-state index in [0.29, 0.717) is 16.6 Å². The molecule has 0 fully saturated rings. The summed E-state index contributed by atoms with van der Waals surface area (Å²) in [5.74, 6) is -1.38. The Hall–Kier alpha value is -4.18. The van der Waals surface area contributed by atoms with Crippen LogP contribution in [0.1, 0.15) is 51.3 Å². The number of aromatic nitrogens is 4. The second kappa shape index (κ2) is 13.9. The van der Waals surface area contributed by atoms with Crippen LogP contribution in [0.2, 0.25) is 0 Å². The molecule has 10 heteroatoms. The van der Waals surface area contributed by atoms with Gasteiger partial charge in [-0.15, -0.1) is 21.5 Å². The maximum atomic E-state index is 14.7. The molecule has 0 aliphatic carbocycles. The van der Waals surface area contributed by atoms with E-state index >= 15 is 0 Å². The van der Waals surface area contributed by atoms with Gasteiger partial charge in [0.05, 0.1) is 19.0 Å². The van der Waals surface area contributed by atoms with E-state index in [1.54, 1.807) is 0 Å². The molecule has 0 bridgehead atoms. The van der Waals surface area contributed by atoms with Gasteiger partial charge in [0.2, 0.25) is 5.88 Å². The Morgan fingerprint density at radius 2 is 1.51 bits per heavy atom. The summed E-state index contributed by atoms with van der Waals surface area (Å²) >= 11 is 1.25. The minimum Gasteiger partial charge on any atom is -0.480 e. The van der Waals surface area contributed by atoms with Gasteiger partial charge in [-0.1, -0.05) is 70.5 Å². The van der Waals surface area contributed by atoms with Gasteiger partial charge in [0.1, 0.15) is 16.5 Å². The van der Waals surface area contributed by atoms with Crippen molar-refractivity contribution in [1.82, 2.24) is 19.3 Å². The number of rotatable bonds is 6. The molecule has 0 spiro atoms. The third-order valence-electron chi connectivity index (χ3n) is 6.18. The minimum atomic E-state index is -0.784. The fourth-order valence-electron chi connectivity index (χ4n) is 4.27. The van der Waals surface area contributed by atoms with Crippen LogP contribution >= 0.6 is 11.3 Å². The molecule has 0 atom stereocenters. The molecular formula is C31H34F2N4O3S. The zero-order valence-corrected chi connectivity index (χ0v) is 25.1. The first-order valence-corrected chi connectivity index (χ1v) is 14.3. The lowest BCUT2D eigenvalue weighted by Crippen LogP contribution is -2.39. The van der Waals surface area contributed by atoms with Crippen LogP contribution in [-0.4, -0.2) is 26.4 Å². The molecule has 0 radical (unpaired) electrons. The number of ether oxygens (including phenoxy) is 1. The van der Waals surface area contributed by atoms with E-state index < -0.39 is 29.4 Å². The Morgan fingerprint density at radius 1 is 0.878 bits per heavy atom. The van der Waals surface area contributed by atoms with Gasteiger partial charge in [-0.3, -0.25) is 9.36 Å². The molecule has 7 nitrogen and oxygen atoms in total. The maximum Gasteiger partial charge on any atom is 0.338 e. The van der Waals surface area contributed by atoms with Crippen LogP contribution in [0.25, 0.3) is 26.5 Å². The summed E-state index contributed by atoms with van der Waals surface area (Å²) in [5.41, 5.74) is 1.08. The number of aryl methyl sites for hydroxylation is 2. The van der Waals surface area contributed by atoms with Gasteiger partial charge in [-0.05, 0) is 42.7 Å². The molecule has 0 saturated heterocycles. The Balaban J connectivity index is 0.00000111. The third kappa shape index (κ3) is 6.12. The summed E-state index contributed by atoms with van der Waals surface area (Å²) in [6, 6.07) is 14.3. The average Bonchev–Trinajstić information content (AvgIpc) is 3.39. The van der Waals surface area contributed by atoms with E-state index in [4.69, 9.17) is 4.74 Å². The molecular weight excluding hydrogens is 546 g/mol. The lowest BCUT2D eigenvalue weighted by molar-refractivity contribution is 0.391. The minimum absolute atomic E-state index is 0.0226. The highest BCUT2D eigenvalue weighted by Crippen LogP contribution is 2.37. The molecule has 0 aliphatic rings. The summed E-state index contributed by atoms with van der Waals surface area (Å²) in [4.78, 5) is 28.7. The van der Waals surface area contributed by atoms with Gasteiger partial charge in [-0.25, -0.2) is 18.1 Å². The van der Waals surface area contributed by atoms with E-state index in [-0.39, 0.29) is 17.3 Å². The number of thiophene rings is 1. The standard InChI is InChI=1S/C27H22F2N4O3S.2C2H6/c1-4-17-23-25(34)33(21-12-13-22(36-3)31-30-21)27(35)32(14-18-19(28)6-5-7-20(18)29)26(23)37-24(17)16-10-8-15(2)9-11-16;2*1-2/h5-13H,4,14H2,1-3H3;2*1-2H3. The van der Waals surface area contributed by atoms with Gasteiger partial charge in [0.15, 0.2) is 5.82 Å². The van der Waals surface area contributed by atoms with Gasteiger partial charge < -0.3 is 4.74 Å². The molecule has 3 heterocycles. The maximum absolute atomic E-state index is 14.7. The van der Waals surface area contributed by atoms with Crippen molar-refractivity contribution in [2.45, 2.75) is 54.5 Å². The Kier molecular flexibility index (Phi) is 10.7. The van der Waals surface area contributed by atoms with Crippen LogP contribution in [0.4, 0.5) is 8.78 Å². The highest BCUT2D eigenvalue weighted by atomic mass is 32.1.